The molecule has 3 rings (SSSR count). The fourth-order valence-electron chi connectivity index (χ4n) is 2.97. The molecule has 15 heavy (non-hydrogen) atoms. The van der Waals surface area contributed by atoms with Crippen LogP contribution in [0.5, 0.6) is 0 Å². The Labute approximate surface area is 124 Å². The van der Waals surface area contributed by atoms with E-state index >= 15 is 0 Å². The minimum atomic E-state index is 0.227. The second-order valence-corrected chi connectivity index (χ2v) is 12.3. The summed E-state index contributed by atoms with van der Waals surface area (Å²) < 4.78 is 0.454. The third-order valence-corrected chi connectivity index (χ3v) is 8.89. The van der Waals surface area contributed by atoms with Crippen molar-refractivity contribution in [1.29, 1.82) is 0 Å². The van der Waals surface area contributed by atoms with Crippen molar-refractivity contribution in [2.75, 3.05) is 0 Å². The maximum Gasteiger partial charge on any atom is 0.0871 e. The van der Waals surface area contributed by atoms with E-state index in [0.29, 0.717) is 0 Å². The van der Waals surface area contributed by atoms with Crippen LogP contribution in [0.2, 0.25) is 0 Å². The Hall–Kier alpha value is 1.66. The van der Waals surface area contributed by atoms with Gasteiger partial charge in [-0.25, -0.2) is 0 Å². The molecule has 0 aromatic heterocycles. The predicted molar refractivity (Wildman–Crippen MR) is 78.1 cm³/mol. The fourth-order valence-corrected chi connectivity index (χ4v) is 6.49. The summed E-state index contributed by atoms with van der Waals surface area (Å²) in [6.07, 6.45) is 8.48. The van der Waals surface area contributed by atoms with Gasteiger partial charge in [0.05, 0.1) is 6.47 Å². The number of rotatable bonds is 0. The molecule has 2 fully saturated rings. The second-order valence-electron chi connectivity index (χ2n) is 4.95. The van der Waals surface area contributed by atoms with Crippen molar-refractivity contribution in [1.82, 2.24) is 0 Å². The van der Waals surface area contributed by atoms with Crippen molar-refractivity contribution in [3.63, 3.8) is 0 Å². The van der Waals surface area contributed by atoms with Crippen molar-refractivity contribution < 1.29 is 0 Å². The maximum atomic E-state index is 3.81. The van der Waals surface area contributed by atoms with Crippen LogP contribution in [0.25, 0.3) is 0 Å². The third kappa shape index (κ3) is 1.77. The van der Waals surface area contributed by atoms with Gasteiger partial charge in [-0.3, -0.25) is 0 Å². The zero-order valence-electron chi connectivity index (χ0n) is 8.10. The number of hydrogen-bond acceptors (Lipinski definition) is 0. The SMILES string of the molecule is BrC1(Br)[C@@H]2C[C@H]3[C@@H](C/C=C\C[C@@H]21)C3(Br)Br. The molecule has 3 aliphatic rings. The Morgan fingerprint density at radius 2 is 1.13 bits per heavy atom. The van der Waals surface area contributed by atoms with Gasteiger partial charge in [-0.2, -0.15) is 0 Å². The summed E-state index contributed by atoms with van der Waals surface area (Å²) in [4.78, 5) is 0. The summed E-state index contributed by atoms with van der Waals surface area (Å²) in [6, 6.07) is 0. The van der Waals surface area contributed by atoms with Crippen LogP contribution in [-0.4, -0.2) is 6.47 Å². The molecule has 0 saturated heterocycles. The van der Waals surface area contributed by atoms with Gasteiger partial charge in [0.15, 0.2) is 0 Å². The van der Waals surface area contributed by atoms with Crippen LogP contribution in [0.15, 0.2) is 12.2 Å². The van der Waals surface area contributed by atoms with E-state index in [4.69, 9.17) is 0 Å². The van der Waals surface area contributed by atoms with E-state index in [1.807, 2.05) is 0 Å². The van der Waals surface area contributed by atoms with Crippen molar-refractivity contribution in [2.45, 2.75) is 25.7 Å². The number of fused-ring (bicyclic) bond motifs is 2. The lowest BCUT2D eigenvalue weighted by molar-refractivity contribution is 0.570. The van der Waals surface area contributed by atoms with E-state index in [2.05, 4.69) is 75.9 Å². The van der Waals surface area contributed by atoms with E-state index < -0.39 is 0 Å². The van der Waals surface area contributed by atoms with Gasteiger partial charge < -0.3 is 0 Å². The van der Waals surface area contributed by atoms with Crippen molar-refractivity contribution in [2.24, 2.45) is 23.7 Å². The standard InChI is InChI=1S/C11H12Br4/c12-10(13)6-3-1-2-4-7-9(5-8(6)10)11(7,14)15/h1-2,6-9H,3-5H2/b2-1-/t6-,7+,8+,9-. The minimum absolute atomic E-state index is 0.227. The topological polar surface area (TPSA) is 0 Å². The molecular formula is C11H12Br4. The molecular weight excluding hydrogens is 452 g/mol. The first-order chi connectivity index (χ1) is 6.95. The van der Waals surface area contributed by atoms with E-state index in [0.717, 1.165) is 23.7 Å². The molecule has 0 aliphatic heterocycles. The summed E-state index contributed by atoms with van der Waals surface area (Å²) in [7, 11) is 0. The van der Waals surface area contributed by atoms with Crippen molar-refractivity contribution >= 4 is 63.7 Å². The largest absolute Gasteiger partial charge is 0.0882 e. The van der Waals surface area contributed by atoms with Crippen LogP contribution in [0, 0.1) is 23.7 Å². The molecule has 0 unspecified atom stereocenters. The molecule has 0 bridgehead atoms. The average molecular weight is 464 g/mol. The lowest BCUT2D eigenvalue weighted by Crippen LogP contribution is -1.94. The highest BCUT2D eigenvalue weighted by Gasteiger charge is 2.68. The zero-order valence-corrected chi connectivity index (χ0v) is 14.4. The number of halogens is 4. The highest BCUT2D eigenvalue weighted by atomic mass is 79.9. The summed E-state index contributed by atoms with van der Waals surface area (Å²) in [5.74, 6) is 3.15. The summed E-state index contributed by atoms with van der Waals surface area (Å²) in [5, 5.41) is 0. The first-order valence-electron chi connectivity index (χ1n) is 5.36. The number of alkyl halides is 4. The van der Waals surface area contributed by atoms with E-state index in [-0.39, 0.29) is 6.47 Å². The quantitative estimate of drug-likeness (QED) is 0.342. The van der Waals surface area contributed by atoms with E-state index in [9.17, 15) is 0 Å². The van der Waals surface area contributed by atoms with Crippen LogP contribution in [0.3, 0.4) is 0 Å². The molecule has 0 spiro atoms. The van der Waals surface area contributed by atoms with Gasteiger partial charge in [0.2, 0.25) is 0 Å². The Morgan fingerprint density at radius 3 is 1.53 bits per heavy atom. The summed E-state index contributed by atoms with van der Waals surface area (Å²) >= 11 is 15.2. The Bertz CT molecular complexity index is 291. The van der Waals surface area contributed by atoms with Gasteiger partial charge in [0, 0.05) is 0 Å². The summed E-state index contributed by atoms with van der Waals surface area (Å²) in [5.41, 5.74) is 0. The molecule has 84 valence electrons. The normalized spacial score (nSPS) is 51.5. The highest BCUT2D eigenvalue weighted by Crippen LogP contribution is 2.73. The smallest absolute Gasteiger partial charge is 0.0871 e. The summed E-state index contributed by atoms with van der Waals surface area (Å²) in [6.45, 7) is 0. The Morgan fingerprint density at radius 1 is 0.733 bits per heavy atom. The lowest BCUT2D eigenvalue weighted by atomic mass is 10.1. The second kappa shape index (κ2) is 3.58. The van der Waals surface area contributed by atoms with E-state index in [1.165, 1.54) is 19.3 Å². The van der Waals surface area contributed by atoms with Gasteiger partial charge in [0.25, 0.3) is 0 Å². The average Bonchev–Trinajstić information content (AvgIpc) is 2.86. The Kier molecular flexibility index (Phi) is 2.80. The van der Waals surface area contributed by atoms with Gasteiger partial charge >= 0.3 is 0 Å². The van der Waals surface area contributed by atoms with Gasteiger partial charge in [0.1, 0.15) is 0 Å². The Balaban J connectivity index is 1.80. The predicted octanol–water partition coefficient (Wildman–Crippen LogP) is 5.19. The molecule has 0 radical (unpaired) electrons. The number of allylic oxidation sites excluding steroid dienone is 2. The monoisotopic (exact) mass is 460 g/mol. The molecule has 0 nitrogen and oxygen atoms in total. The van der Waals surface area contributed by atoms with Crippen LogP contribution in [0.1, 0.15) is 19.3 Å². The molecule has 4 heteroatoms. The molecule has 4 atom stereocenters. The molecule has 0 heterocycles. The van der Waals surface area contributed by atoms with Gasteiger partial charge in [-0.1, -0.05) is 75.9 Å². The molecule has 0 aromatic rings. The van der Waals surface area contributed by atoms with Gasteiger partial charge in [-0.15, -0.1) is 0 Å². The van der Waals surface area contributed by atoms with Crippen LogP contribution < -0.4 is 0 Å². The lowest BCUT2D eigenvalue weighted by Gasteiger charge is -2.00. The molecule has 2 saturated carbocycles. The molecule has 3 aliphatic carbocycles. The van der Waals surface area contributed by atoms with Crippen molar-refractivity contribution in [3.05, 3.63) is 12.2 Å². The van der Waals surface area contributed by atoms with Crippen LogP contribution in [-0.2, 0) is 0 Å². The van der Waals surface area contributed by atoms with Gasteiger partial charge in [-0.05, 0) is 42.9 Å². The maximum absolute atomic E-state index is 3.81. The fraction of sp³-hybridized carbons (Fsp3) is 0.818. The van der Waals surface area contributed by atoms with Crippen molar-refractivity contribution in [3.8, 4) is 0 Å². The first kappa shape index (κ1) is 11.7. The highest BCUT2D eigenvalue weighted by molar-refractivity contribution is 9.26. The minimum Gasteiger partial charge on any atom is -0.0882 e. The van der Waals surface area contributed by atoms with E-state index in [1.54, 1.807) is 0 Å². The zero-order chi connectivity index (χ0) is 10.8. The number of hydrogen-bond donors (Lipinski definition) is 0. The van der Waals surface area contributed by atoms with Crippen LogP contribution >= 0.6 is 63.7 Å². The third-order valence-electron chi connectivity index (χ3n) is 4.19. The molecule has 0 amide bonds. The molecule has 0 aromatic carbocycles. The molecule has 0 N–H and O–H groups in total. The first-order valence-corrected chi connectivity index (χ1v) is 8.53. The van der Waals surface area contributed by atoms with Crippen LogP contribution in [0.4, 0.5) is 0 Å².